The van der Waals surface area contributed by atoms with Crippen LogP contribution in [0.1, 0.15) is 88.6 Å². The quantitative estimate of drug-likeness (QED) is 0.694. The molecule has 0 spiro atoms. The second-order valence-corrected chi connectivity index (χ2v) is 9.72. The minimum atomic E-state index is -0.558. The molecule has 0 fully saturated rings. The highest BCUT2D eigenvalue weighted by atomic mass is 16.6. The molecular formula is C24H37N3O3. The van der Waals surface area contributed by atoms with Gasteiger partial charge in [0, 0.05) is 42.5 Å². The molecule has 0 bridgehead atoms. The lowest BCUT2D eigenvalue weighted by Gasteiger charge is -2.35. The largest absolute Gasteiger partial charge is 0.444 e. The van der Waals surface area contributed by atoms with Gasteiger partial charge in [0.2, 0.25) is 0 Å². The van der Waals surface area contributed by atoms with Gasteiger partial charge in [-0.25, -0.2) is 4.79 Å². The number of hydrogen-bond acceptors (Lipinski definition) is 3. The van der Waals surface area contributed by atoms with Crippen molar-refractivity contribution >= 4 is 17.6 Å². The molecule has 0 aromatic carbocycles. The maximum atomic E-state index is 13.7. The third-order valence-electron chi connectivity index (χ3n) is 6.04. The Morgan fingerprint density at radius 2 is 1.83 bits per heavy atom. The molecule has 1 aromatic heterocycles. The number of carbonyl (C=O) groups excluding carboxylic acids is 2. The zero-order chi connectivity index (χ0) is 22.2. The summed E-state index contributed by atoms with van der Waals surface area (Å²) in [7, 11) is 0. The molecule has 0 N–H and O–H groups in total. The second-order valence-electron chi connectivity index (χ2n) is 9.72. The molecule has 0 unspecified atom stereocenters. The lowest BCUT2D eigenvalue weighted by molar-refractivity contribution is 0.0190. The first-order valence-electron chi connectivity index (χ1n) is 11.2. The van der Waals surface area contributed by atoms with Crippen LogP contribution in [0.2, 0.25) is 0 Å². The van der Waals surface area contributed by atoms with E-state index in [1.165, 1.54) is 5.69 Å². The van der Waals surface area contributed by atoms with Crippen LogP contribution in [0.3, 0.4) is 0 Å². The first-order chi connectivity index (χ1) is 14.0. The summed E-state index contributed by atoms with van der Waals surface area (Å²) in [6.45, 7) is 16.1. The van der Waals surface area contributed by atoms with Crippen molar-refractivity contribution in [3.05, 3.63) is 28.6 Å². The predicted octanol–water partition coefficient (Wildman–Crippen LogP) is 4.85. The highest BCUT2D eigenvalue weighted by Crippen LogP contribution is 2.36. The summed E-state index contributed by atoms with van der Waals surface area (Å²) < 4.78 is 7.94. The Labute approximate surface area is 180 Å². The smallest absolute Gasteiger partial charge is 0.410 e. The van der Waals surface area contributed by atoms with Crippen molar-refractivity contribution in [3.8, 4) is 0 Å². The predicted molar refractivity (Wildman–Crippen MR) is 120 cm³/mol. The first-order valence-corrected chi connectivity index (χ1v) is 11.2. The molecule has 0 radical (unpaired) electrons. The van der Waals surface area contributed by atoms with Crippen LogP contribution >= 0.6 is 0 Å². The third-order valence-corrected chi connectivity index (χ3v) is 6.04. The Balaban J connectivity index is 2.18. The van der Waals surface area contributed by atoms with E-state index in [2.05, 4.69) is 17.6 Å². The first kappa shape index (κ1) is 22.4. The van der Waals surface area contributed by atoms with Crippen molar-refractivity contribution in [1.29, 1.82) is 0 Å². The van der Waals surface area contributed by atoms with Crippen LogP contribution in [-0.2, 0) is 24.2 Å². The Morgan fingerprint density at radius 3 is 2.43 bits per heavy atom. The zero-order valence-corrected chi connectivity index (χ0v) is 19.7. The lowest BCUT2D eigenvalue weighted by atomic mass is 9.97. The fourth-order valence-corrected chi connectivity index (χ4v) is 4.51. The Kier molecular flexibility index (Phi) is 6.34. The average molecular weight is 416 g/mol. The Bertz CT molecular complexity index is 858. The SMILES string of the molecule is CC=C(C)c1c2c(n3c1CCCC3)C(=O)N(C(C)C)CCN(C(=O)OC(C)(C)C)C2. The molecule has 2 amide bonds. The summed E-state index contributed by atoms with van der Waals surface area (Å²) in [5.74, 6) is 0.0853. The molecule has 6 heteroatoms. The van der Waals surface area contributed by atoms with E-state index in [-0.39, 0.29) is 18.0 Å². The number of rotatable bonds is 2. The van der Waals surface area contributed by atoms with E-state index >= 15 is 0 Å². The number of fused-ring (bicyclic) bond motifs is 3. The maximum Gasteiger partial charge on any atom is 0.410 e. The average Bonchev–Trinajstić information content (AvgIpc) is 2.96. The fourth-order valence-electron chi connectivity index (χ4n) is 4.51. The summed E-state index contributed by atoms with van der Waals surface area (Å²) in [6.07, 6.45) is 4.96. The van der Waals surface area contributed by atoms with Gasteiger partial charge in [-0.15, -0.1) is 0 Å². The van der Waals surface area contributed by atoms with Gasteiger partial charge in [0.05, 0.1) is 6.54 Å². The van der Waals surface area contributed by atoms with Gasteiger partial charge in [0.15, 0.2) is 0 Å². The van der Waals surface area contributed by atoms with Crippen LogP contribution in [0.15, 0.2) is 6.08 Å². The summed E-state index contributed by atoms with van der Waals surface area (Å²) in [5, 5.41) is 0. The van der Waals surface area contributed by atoms with Crippen molar-refractivity contribution < 1.29 is 14.3 Å². The zero-order valence-electron chi connectivity index (χ0n) is 19.7. The lowest BCUT2D eigenvalue weighted by Crippen LogP contribution is -2.48. The van der Waals surface area contributed by atoms with Crippen molar-refractivity contribution in [1.82, 2.24) is 14.4 Å². The van der Waals surface area contributed by atoms with Crippen LogP contribution in [-0.4, -0.2) is 51.1 Å². The monoisotopic (exact) mass is 415 g/mol. The van der Waals surface area contributed by atoms with Crippen LogP contribution in [0.25, 0.3) is 5.57 Å². The number of ether oxygens (including phenoxy) is 1. The minimum Gasteiger partial charge on any atom is -0.444 e. The molecule has 2 aliphatic rings. The van der Waals surface area contributed by atoms with Gasteiger partial charge in [0.25, 0.3) is 5.91 Å². The van der Waals surface area contributed by atoms with Gasteiger partial charge < -0.3 is 19.1 Å². The number of carbonyl (C=O) groups is 2. The molecule has 0 atom stereocenters. The normalized spacial score (nSPS) is 18.1. The highest BCUT2D eigenvalue weighted by Gasteiger charge is 2.36. The molecule has 0 saturated carbocycles. The summed E-state index contributed by atoms with van der Waals surface area (Å²) in [5.41, 5.74) is 4.74. The minimum absolute atomic E-state index is 0.0601. The Hall–Kier alpha value is -2.24. The summed E-state index contributed by atoms with van der Waals surface area (Å²) >= 11 is 0. The molecule has 166 valence electrons. The van der Waals surface area contributed by atoms with Gasteiger partial charge >= 0.3 is 6.09 Å². The fraction of sp³-hybridized carbons (Fsp3) is 0.667. The van der Waals surface area contributed by atoms with E-state index in [1.807, 2.05) is 46.4 Å². The van der Waals surface area contributed by atoms with Gasteiger partial charge in [-0.3, -0.25) is 4.79 Å². The maximum absolute atomic E-state index is 13.7. The van der Waals surface area contributed by atoms with E-state index in [9.17, 15) is 9.59 Å². The van der Waals surface area contributed by atoms with Gasteiger partial charge in [-0.05, 0) is 73.3 Å². The van der Waals surface area contributed by atoms with Gasteiger partial charge in [-0.2, -0.15) is 0 Å². The number of hydrogen-bond donors (Lipinski definition) is 0. The highest BCUT2D eigenvalue weighted by molar-refractivity contribution is 5.97. The van der Waals surface area contributed by atoms with Crippen molar-refractivity contribution in [3.63, 3.8) is 0 Å². The van der Waals surface area contributed by atoms with Crippen LogP contribution in [0.4, 0.5) is 4.79 Å². The van der Waals surface area contributed by atoms with Gasteiger partial charge in [0.1, 0.15) is 11.3 Å². The van der Waals surface area contributed by atoms with Crippen molar-refractivity contribution in [2.24, 2.45) is 0 Å². The van der Waals surface area contributed by atoms with E-state index in [0.29, 0.717) is 19.6 Å². The standard InChI is InChI=1S/C24H37N3O3/c1-8-17(4)20-18-15-25(23(29)30-24(5,6)7)13-14-26(16(2)3)22(28)21(18)27-12-10-9-11-19(20)27/h8,16H,9-15H2,1-7H3. The molecule has 30 heavy (non-hydrogen) atoms. The molecule has 0 aliphatic carbocycles. The molecule has 6 nitrogen and oxygen atoms in total. The molecule has 3 rings (SSSR count). The van der Waals surface area contributed by atoms with Crippen LogP contribution < -0.4 is 0 Å². The molecule has 1 aromatic rings. The molecular weight excluding hydrogens is 378 g/mol. The number of allylic oxidation sites excluding steroid dienone is 2. The summed E-state index contributed by atoms with van der Waals surface area (Å²) in [6, 6.07) is 0.0601. The van der Waals surface area contributed by atoms with Crippen molar-refractivity contribution in [2.45, 2.75) is 92.5 Å². The topological polar surface area (TPSA) is 54.8 Å². The third kappa shape index (κ3) is 4.28. The number of nitrogens with zero attached hydrogens (tertiary/aromatic N) is 3. The van der Waals surface area contributed by atoms with Crippen molar-refractivity contribution in [2.75, 3.05) is 13.1 Å². The van der Waals surface area contributed by atoms with E-state index < -0.39 is 5.60 Å². The number of amides is 2. The van der Waals surface area contributed by atoms with Crippen LogP contribution in [0, 0.1) is 0 Å². The number of aromatic nitrogens is 1. The summed E-state index contributed by atoms with van der Waals surface area (Å²) in [4.78, 5) is 30.4. The molecule has 2 aliphatic heterocycles. The van der Waals surface area contributed by atoms with E-state index in [0.717, 1.165) is 48.2 Å². The second kappa shape index (κ2) is 8.48. The van der Waals surface area contributed by atoms with E-state index in [4.69, 9.17) is 4.74 Å². The molecule has 0 saturated heterocycles. The van der Waals surface area contributed by atoms with E-state index in [1.54, 1.807) is 4.90 Å². The van der Waals surface area contributed by atoms with Gasteiger partial charge in [-0.1, -0.05) is 6.08 Å². The molecule has 3 heterocycles. The van der Waals surface area contributed by atoms with Crippen LogP contribution in [0.5, 0.6) is 0 Å². The Morgan fingerprint density at radius 1 is 1.13 bits per heavy atom.